The van der Waals surface area contributed by atoms with Gasteiger partial charge in [-0.15, -0.1) is 0 Å². The zero-order valence-corrected chi connectivity index (χ0v) is 11.2. The number of thiophene rings is 1. The molecular formula is C18H13S+. The minimum Gasteiger partial charge on any atom is -0.0616 e. The van der Waals surface area contributed by atoms with E-state index in [-0.39, 0.29) is 10.5 Å². The zero-order chi connectivity index (χ0) is 12.7. The van der Waals surface area contributed by atoms with Crippen LogP contribution in [0.25, 0.3) is 25.8 Å². The predicted molar refractivity (Wildman–Crippen MR) is 85.3 cm³/mol. The second-order valence-corrected chi connectivity index (χ2v) is 6.48. The van der Waals surface area contributed by atoms with Gasteiger partial charge in [0.2, 0.25) is 0 Å². The molecule has 0 radical (unpaired) electrons. The first-order chi connectivity index (χ1) is 9.43. The molecule has 1 aromatic heterocycles. The Morgan fingerprint density at radius 2 is 1.32 bits per heavy atom. The van der Waals surface area contributed by atoms with Gasteiger partial charge >= 0.3 is 0 Å². The lowest BCUT2D eigenvalue weighted by Gasteiger charge is -1.99. The largest absolute Gasteiger partial charge is 0.186 e. The van der Waals surface area contributed by atoms with E-state index in [0.29, 0.717) is 0 Å². The number of hydrogen-bond acceptors (Lipinski definition) is 0. The molecule has 3 aromatic carbocycles. The van der Waals surface area contributed by atoms with Crippen molar-refractivity contribution in [2.75, 3.05) is 0 Å². The first kappa shape index (κ1) is 10.8. The van der Waals surface area contributed by atoms with E-state index in [9.17, 15) is 0 Å². The molecule has 0 spiro atoms. The van der Waals surface area contributed by atoms with Crippen molar-refractivity contribution < 1.29 is 0 Å². The Morgan fingerprint density at radius 3 is 2.26 bits per heavy atom. The molecule has 4 aromatic rings. The molecule has 0 aliphatic rings. The highest BCUT2D eigenvalue weighted by Gasteiger charge is 2.17. The lowest BCUT2D eigenvalue weighted by Crippen LogP contribution is -1.75. The van der Waals surface area contributed by atoms with Crippen LogP contribution < -0.4 is 0 Å². The van der Waals surface area contributed by atoms with Crippen molar-refractivity contribution in [1.82, 2.24) is 0 Å². The van der Waals surface area contributed by atoms with Gasteiger partial charge in [0.05, 0.1) is 0 Å². The minimum absolute atomic E-state index is 0.0793. The predicted octanol–water partition coefficient (Wildman–Crippen LogP) is 5.73. The summed E-state index contributed by atoms with van der Waals surface area (Å²) in [6.07, 6.45) is 0. The summed E-state index contributed by atoms with van der Waals surface area (Å²) < 4.78 is 1.44. The molecular weight excluding hydrogens is 248 g/mol. The zero-order valence-electron chi connectivity index (χ0n) is 10.4. The maximum absolute atomic E-state index is 2.34. The Labute approximate surface area is 114 Å². The van der Waals surface area contributed by atoms with Gasteiger partial charge < -0.3 is 0 Å². The number of fused-ring (bicyclic) bond motifs is 2. The first-order valence-electron chi connectivity index (χ1n) is 6.41. The van der Waals surface area contributed by atoms with E-state index >= 15 is 0 Å². The quantitative estimate of drug-likeness (QED) is 0.384. The van der Waals surface area contributed by atoms with Gasteiger partial charge in [0, 0.05) is 27.3 Å². The molecule has 1 unspecified atom stereocenters. The van der Waals surface area contributed by atoms with Crippen LogP contribution in [0.1, 0.15) is 0 Å². The summed E-state index contributed by atoms with van der Waals surface area (Å²) in [7, 11) is 0.0793. The van der Waals surface area contributed by atoms with Crippen molar-refractivity contribution in [2.45, 2.75) is 0 Å². The van der Waals surface area contributed by atoms with Crippen LogP contribution in [0.5, 0.6) is 0 Å². The van der Waals surface area contributed by atoms with E-state index in [4.69, 9.17) is 0 Å². The molecule has 0 N–H and O–H groups in total. The summed E-state index contributed by atoms with van der Waals surface area (Å²) in [5, 5.41) is 6.39. The fourth-order valence-corrected chi connectivity index (χ4v) is 4.69. The van der Waals surface area contributed by atoms with Crippen LogP contribution in [-0.2, 0) is 0 Å². The second kappa shape index (κ2) is 4.22. The molecule has 1 heteroatoms. The normalized spacial score (nSPS) is 12.1. The molecule has 0 amide bonds. The molecule has 1 heterocycles. The SMILES string of the molecule is c1ccc2c(-[s+]3ccc4ccccc43)cccc2c1. The van der Waals surface area contributed by atoms with E-state index < -0.39 is 0 Å². The van der Waals surface area contributed by atoms with Crippen molar-refractivity contribution in [1.29, 1.82) is 0 Å². The third-order valence-corrected chi connectivity index (χ3v) is 5.61. The Hall–Kier alpha value is -2.12. The van der Waals surface area contributed by atoms with Gasteiger partial charge in [-0.3, -0.25) is 0 Å². The summed E-state index contributed by atoms with van der Waals surface area (Å²) in [4.78, 5) is 1.43. The highest BCUT2D eigenvalue weighted by Crippen LogP contribution is 2.42. The fourth-order valence-electron chi connectivity index (χ4n) is 2.61. The maximum Gasteiger partial charge on any atom is 0.186 e. The van der Waals surface area contributed by atoms with Gasteiger partial charge in [-0.2, -0.15) is 0 Å². The summed E-state index contributed by atoms with van der Waals surface area (Å²) >= 11 is 0. The van der Waals surface area contributed by atoms with E-state index in [1.54, 1.807) is 0 Å². The minimum atomic E-state index is 0.0793. The summed E-state index contributed by atoms with van der Waals surface area (Å²) in [5.74, 6) is 0. The molecule has 0 aliphatic carbocycles. The van der Waals surface area contributed by atoms with Crippen LogP contribution >= 0.6 is 10.5 Å². The molecule has 4 rings (SSSR count). The monoisotopic (exact) mass is 261 g/mol. The molecule has 19 heavy (non-hydrogen) atoms. The topological polar surface area (TPSA) is 0 Å². The third-order valence-electron chi connectivity index (χ3n) is 3.53. The standard InChI is InChI=1S/C18H13S/c1-3-9-16-14(6-1)8-5-11-18(16)19-13-12-15-7-2-4-10-17(15)19/h1-13H/q+1. The molecule has 1 atom stereocenters. The lowest BCUT2D eigenvalue weighted by atomic mass is 10.1. The van der Waals surface area contributed by atoms with Gasteiger partial charge in [-0.05, 0) is 29.7 Å². The van der Waals surface area contributed by atoms with Crippen LogP contribution in [0, 0.1) is 0 Å². The van der Waals surface area contributed by atoms with Crippen molar-refractivity contribution in [3.05, 3.63) is 78.2 Å². The van der Waals surface area contributed by atoms with Crippen LogP contribution in [-0.4, -0.2) is 0 Å². The van der Waals surface area contributed by atoms with E-state index in [0.717, 1.165) is 0 Å². The van der Waals surface area contributed by atoms with Crippen LogP contribution in [0.4, 0.5) is 0 Å². The average Bonchev–Trinajstić information content (AvgIpc) is 2.90. The first-order valence-corrected chi connectivity index (χ1v) is 7.70. The van der Waals surface area contributed by atoms with Crippen molar-refractivity contribution in [2.24, 2.45) is 0 Å². The summed E-state index contributed by atoms with van der Waals surface area (Å²) in [6.45, 7) is 0. The Bertz CT molecular complexity index is 866. The second-order valence-electron chi connectivity index (χ2n) is 4.66. The molecule has 0 bridgehead atoms. The van der Waals surface area contributed by atoms with E-state index in [1.807, 2.05) is 0 Å². The molecule has 90 valence electrons. The smallest absolute Gasteiger partial charge is 0.0616 e. The highest BCUT2D eigenvalue weighted by molar-refractivity contribution is 7.44. The Kier molecular flexibility index (Phi) is 2.39. The van der Waals surface area contributed by atoms with E-state index in [2.05, 4.69) is 78.2 Å². The van der Waals surface area contributed by atoms with Gasteiger partial charge in [-0.25, -0.2) is 0 Å². The van der Waals surface area contributed by atoms with Crippen LogP contribution in [0.3, 0.4) is 0 Å². The summed E-state index contributed by atoms with van der Waals surface area (Å²) in [6, 6.07) is 26.2. The molecule has 0 nitrogen and oxygen atoms in total. The molecule has 0 aliphatic heterocycles. The fraction of sp³-hybridized carbons (Fsp3) is 0. The van der Waals surface area contributed by atoms with Gasteiger partial charge in [0.25, 0.3) is 0 Å². The lowest BCUT2D eigenvalue weighted by molar-refractivity contribution is 1.77. The number of hydrogen-bond donors (Lipinski definition) is 0. The Morgan fingerprint density at radius 1 is 0.579 bits per heavy atom. The van der Waals surface area contributed by atoms with Gasteiger partial charge in [0.15, 0.2) is 9.60 Å². The van der Waals surface area contributed by atoms with Crippen molar-refractivity contribution >= 4 is 31.3 Å². The molecule has 0 saturated heterocycles. The number of rotatable bonds is 1. The Balaban J connectivity index is 2.10. The number of benzene rings is 3. The van der Waals surface area contributed by atoms with Crippen LogP contribution in [0.2, 0.25) is 0 Å². The van der Waals surface area contributed by atoms with E-state index in [1.165, 1.54) is 25.8 Å². The van der Waals surface area contributed by atoms with Crippen LogP contribution in [0.15, 0.2) is 78.2 Å². The maximum atomic E-state index is 2.34. The molecule has 0 saturated carbocycles. The molecule has 0 fully saturated rings. The summed E-state index contributed by atoms with van der Waals surface area (Å²) in [5.41, 5.74) is 0. The van der Waals surface area contributed by atoms with Crippen molar-refractivity contribution in [3.8, 4) is 4.90 Å². The van der Waals surface area contributed by atoms with Crippen molar-refractivity contribution in [3.63, 3.8) is 0 Å². The third kappa shape index (κ3) is 1.66. The average molecular weight is 261 g/mol. The van der Waals surface area contributed by atoms with Gasteiger partial charge in [-0.1, -0.05) is 42.5 Å². The highest BCUT2D eigenvalue weighted by atomic mass is 32.2. The van der Waals surface area contributed by atoms with Gasteiger partial charge in [0.1, 0.15) is 5.38 Å².